The van der Waals surface area contributed by atoms with Crippen LogP contribution in [0, 0.1) is 0 Å². The Morgan fingerprint density at radius 2 is 1.74 bits per heavy atom. The molecule has 0 fully saturated rings. The standard InChI is InChI=1S/C17H13N3O3/c1-20-13-10-6-5-9-12(13)17(22,16(20)21)15-19-18-14(23-15)11-7-3-2-4-8-11/h2-10,22H,1H3/t17-/m0/s1. The third-order valence-electron chi connectivity index (χ3n) is 4.02. The molecular weight excluding hydrogens is 294 g/mol. The Bertz CT molecular complexity index is 891. The number of rotatable bonds is 2. The topological polar surface area (TPSA) is 79.5 Å². The lowest BCUT2D eigenvalue weighted by Crippen LogP contribution is -2.39. The Labute approximate surface area is 132 Å². The van der Waals surface area contributed by atoms with Gasteiger partial charge in [0, 0.05) is 18.2 Å². The first-order valence-electron chi connectivity index (χ1n) is 7.12. The van der Waals surface area contributed by atoms with E-state index in [4.69, 9.17) is 4.42 Å². The fourth-order valence-electron chi connectivity index (χ4n) is 2.81. The van der Waals surface area contributed by atoms with Crippen LogP contribution in [0.15, 0.2) is 59.0 Å². The van der Waals surface area contributed by atoms with Crippen LogP contribution in [0.1, 0.15) is 11.5 Å². The van der Waals surface area contributed by atoms with E-state index in [0.29, 0.717) is 11.3 Å². The molecule has 6 heteroatoms. The first-order valence-corrected chi connectivity index (χ1v) is 7.12. The highest BCUT2D eigenvalue weighted by Crippen LogP contribution is 2.43. The minimum Gasteiger partial charge on any atom is -0.417 e. The number of anilines is 1. The number of hydrogen-bond donors (Lipinski definition) is 1. The number of fused-ring (bicyclic) bond motifs is 1. The second-order valence-electron chi connectivity index (χ2n) is 5.37. The quantitative estimate of drug-likeness (QED) is 0.783. The van der Waals surface area contributed by atoms with Crippen LogP contribution in [0.25, 0.3) is 11.5 Å². The summed E-state index contributed by atoms with van der Waals surface area (Å²) < 4.78 is 5.61. The zero-order valence-electron chi connectivity index (χ0n) is 12.3. The zero-order valence-corrected chi connectivity index (χ0v) is 12.3. The van der Waals surface area contributed by atoms with Gasteiger partial charge in [-0.2, -0.15) is 0 Å². The summed E-state index contributed by atoms with van der Waals surface area (Å²) in [5.74, 6) is -0.381. The van der Waals surface area contributed by atoms with Gasteiger partial charge >= 0.3 is 0 Å². The lowest BCUT2D eigenvalue weighted by molar-refractivity contribution is -0.133. The van der Waals surface area contributed by atoms with Gasteiger partial charge in [-0.3, -0.25) is 4.79 Å². The summed E-state index contributed by atoms with van der Waals surface area (Å²) in [5.41, 5.74) is -0.164. The zero-order chi connectivity index (χ0) is 16.0. The molecule has 23 heavy (non-hydrogen) atoms. The van der Waals surface area contributed by atoms with E-state index in [2.05, 4.69) is 10.2 Å². The molecule has 1 aliphatic rings. The molecule has 114 valence electrons. The van der Waals surface area contributed by atoms with Gasteiger partial charge in [0.2, 0.25) is 11.5 Å². The van der Waals surface area contributed by atoms with Crippen molar-refractivity contribution in [3.8, 4) is 11.5 Å². The van der Waals surface area contributed by atoms with E-state index in [1.165, 1.54) is 4.90 Å². The second kappa shape index (κ2) is 4.76. The largest absolute Gasteiger partial charge is 0.417 e. The van der Waals surface area contributed by atoms with Crippen LogP contribution in [0.4, 0.5) is 5.69 Å². The predicted molar refractivity (Wildman–Crippen MR) is 82.6 cm³/mol. The van der Waals surface area contributed by atoms with Gasteiger partial charge in [-0.25, -0.2) is 0 Å². The van der Waals surface area contributed by atoms with Crippen molar-refractivity contribution < 1.29 is 14.3 Å². The van der Waals surface area contributed by atoms with E-state index in [1.807, 2.05) is 30.3 Å². The number of likely N-dealkylation sites (N-methyl/N-ethyl adjacent to an activating group) is 1. The Hall–Kier alpha value is -2.99. The lowest BCUT2D eigenvalue weighted by Gasteiger charge is -2.17. The number of aromatic nitrogens is 2. The van der Waals surface area contributed by atoms with Crippen LogP contribution in [0.3, 0.4) is 0 Å². The predicted octanol–water partition coefficient (Wildman–Crippen LogP) is 1.95. The Kier molecular flexibility index (Phi) is 2.82. The maximum absolute atomic E-state index is 12.6. The fraction of sp³-hybridized carbons (Fsp3) is 0.118. The molecule has 0 radical (unpaired) electrons. The molecule has 1 atom stereocenters. The number of hydrogen-bond acceptors (Lipinski definition) is 5. The number of aliphatic hydroxyl groups is 1. The van der Waals surface area contributed by atoms with E-state index in [1.54, 1.807) is 31.3 Å². The maximum Gasteiger partial charge on any atom is 0.273 e. The average molecular weight is 307 g/mol. The van der Waals surface area contributed by atoms with E-state index in [9.17, 15) is 9.90 Å². The summed E-state index contributed by atoms with van der Waals surface area (Å²) in [6.45, 7) is 0. The molecule has 2 heterocycles. The Morgan fingerprint density at radius 3 is 2.52 bits per heavy atom. The summed E-state index contributed by atoms with van der Waals surface area (Å²) in [5, 5.41) is 18.9. The molecule has 1 N–H and O–H groups in total. The highest BCUT2D eigenvalue weighted by atomic mass is 16.4. The normalized spacial score (nSPS) is 19.9. The highest BCUT2D eigenvalue weighted by molar-refractivity contribution is 6.08. The van der Waals surface area contributed by atoms with Crippen LogP contribution in [-0.4, -0.2) is 28.3 Å². The van der Waals surface area contributed by atoms with E-state index in [0.717, 1.165) is 5.56 Å². The van der Waals surface area contributed by atoms with Crippen molar-refractivity contribution in [2.75, 3.05) is 11.9 Å². The second-order valence-corrected chi connectivity index (χ2v) is 5.37. The van der Waals surface area contributed by atoms with Crippen LogP contribution < -0.4 is 4.90 Å². The minimum atomic E-state index is -1.95. The van der Waals surface area contributed by atoms with Crippen LogP contribution >= 0.6 is 0 Å². The van der Waals surface area contributed by atoms with Gasteiger partial charge in [0.25, 0.3) is 11.8 Å². The molecule has 0 bridgehead atoms. The molecule has 2 aromatic carbocycles. The van der Waals surface area contributed by atoms with E-state index < -0.39 is 11.5 Å². The number of carbonyl (C=O) groups excluding carboxylic acids is 1. The van der Waals surface area contributed by atoms with Gasteiger partial charge in [0.1, 0.15) is 0 Å². The third-order valence-corrected chi connectivity index (χ3v) is 4.02. The molecule has 3 aromatic rings. The fourth-order valence-corrected chi connectivity index (χ4v) is 2.81. The van der Waals surface area contributed by atoms with Gasteiger partial charge < -0.3 is 14.4 Å². The molecule has 0 saturated carbocycles. The SMILES string of the molecule is CN1C(=O)[C@@](O)(c2nnc(-c3ccccc3)o2)c2ccccc21. The maximum atomic E-state index is 12.6. The molecule has 1 aromatic heterocycles. The van der Waals surface area contributed by atoms with Crippen LogP contribution in [-0.2, 0) is 10.4 Å². The minimum absolute atomic E-state index is 0.127. The van der Waals surface area contributed by atoms with Crippen LogP contribution in [0.5, 0.6) is 0 Å². The van der Waals surface area contributed by atoms with Crippen molar-refractivity contribution in [3.05, 3.63) is 66.1 Å². The number of benzene rings is 2. The van der Waals surface area contributed by atoms with Crippen molar-refractivity contribution in [2.45, 2.75) is 5.60 Å². The number of carbonyl (C=O) groups is 1. The summed E-state index contributed by atoms with van der Waals surface area (Å²) in [6, 6.07) is 16.2. The van der Waals surface area contributed by atoms with Crippen molar-refractivity contribution in [3.63, 3.8) is 0 Å². The first-order chi connectivity index (χ1) is 11.1. The third kappa shape index (κ3) is 1.82. The average Bonchev–Trinajstić information content (AvgIpc) is 3.17. The molecule has 0 aliphatic carbocycles. The number of nitrogens with zero attached hydrogens (tertiary/aromatic N) is 3. The Morgan fingerprint density at radius 1 is 1.04 bits per heavy atom. The van der Waals surface area contributed by atoms with Crippen molar-refractivity contribution in [1.29, 1.82) is 0 Å². The number of para-hydroxylation sites is 1. The molecule has 6 nitrogen and oxygen atoms in total. The van der Waals surface area contributed by atoms with Crippen molar-refractivity contribution >= 4 is 11.6 Å². The molecule has 0 unspecified atom stereocenters. The Balaban J connectivity index is 1.85. The van der Waals surface area contributed by atoms with Gasteiger partial charge in [-0.05, 0) is 18.2 Å². The smallest absolute Gasteiger partial charge is 0.273 e. The first kappa shape index (κ1) is 13.7. The summed E-state index contributed by atoms with van der Waals surface area (Å²) in [7, 11) is 1.60. The van der Waals surface area contributed by atoms with Crippen molar-refractivity contribution in [2.24, 2.45) is 0 Å². The molecule has 1 amide bonds. The van der Waals surface area contributed by atoms with Gasteiger partial charge in [0.15, 0.2) is 0 Å². The summed E-state index contributed by atoms with van der Waals surface area (Å²) >= 11 is 0. The summed E-state index contributed by atoms with van der Waals surface area (Å²) in [6.07, 6.45) is 0. The van der Waals surface area contributed by atoms with Crippen LogP contribution in [0.2, 0.25) is 0 Å². The number of amides is 1. The molecular formula is C17H13N3O3. The molecule has 0 saturated heterocycles. The highest BCUT2D eigenvalue weighted by Gasteiger charge is 2.54. The lowest BCUT2D eigenvalue weighted by atomic mass is 9.95. The molecule has 4 rings (SSSR count). The van der Waals surface area contributed by atoms with Crippen molar-refractivity contribution in [1.82, 2.24) is 10.2 Å². The molecule has 1 aliphatic heterocycles. The summed E-state index contributed by atoms with van der Waals surface area (Å²) in [4.78, 5) is 14.0. The van der Waals surface area contributed by atoms with Gasteiger partial charge in [0.05, 0.1) is 5.69 Å². The molecule has 0 spiro atoms. The van der Waals surface area contributed by atoms with Gasteiger partial charge in [-0.1, -0.05) is 36.4 Å². The van der Waals surface area contributed by atoms with E-state index in [-0.39, 0.29) is 11.8 Å². The van der Waals surface area contributed by atoms with Gasteiger partial charge in [-0.15, -0.1) is 10.2 Å². The monoisotopic (exact) mass is 307 g/mol. The van der Waals surface area contributed by atoms with E-state index >= 15 is 0 Å².